The van der Waals surface area contributed by atoms with E-state index in [0.717, 1.165) is 0 Å². The predicted molar refractivity (Wildman–Crippen MR) is 63.2 cm³/mol. The monoisotopic (exact) mass is 256 g/mol. The van der Waals surface area contributed by atoms with Crippen molar-refractivity contribution in [2.24, 2.45) is 5.84 Å². The van der Waals surface area contributed by atoms with Crippen LogP contribution in [0.5, 0.6) is 6.01 Å². The molecule has 2 heterocycles. The smallest absolute Gasteiger partial charge is 0.322 e. The Morgan fingerprint density at radius 3 is 3.06 bits per heavy atom. The summed E-state index contributed by atoms with van der Waals surface area (Å²) < 4.78 is 10.3. The Hall–Kier alpha value is -1.71. The van der Waals surface area contributed by atoms with Gasteiger partial charge in [0.1, 0.15) is 0 Å². The summed E-state index contributed by atoms with van der Waals surface area (Å²) in [5.41, 5.74) is 2.35. The summed E-state index contributed by atoms with van der Waals surface area (Å²) in [6.45, 7) is 1.52. The molecule has 1 aliphatic heterocycles. The first-order chi connectivity index (χ1) is 8.78. The fourth-order valence-electron chi connectivity index (χ4n) is 1.70. The number of hydrazine groups is 1. The average Bonchev–Trinajstić information content (AvgIpc) is 2.46. The number of nitrogens with zero attached hydrogens (tertiary/aromatic N) is 4. The molecule has 1 aromatic heterocycles. The van der Waals surface area contributed by atoms with Crippen molar-refractivity contribution < 1.29 is 14.6 Å². The van der Waals surface area contributed by atoms with Crippen molar-refractivity contribution in [3.63, 3.8) is 0 Å². The van der Waals surface area contributed by atoms with E-state index in [0.29, 0.717) is 25.7 Å². The lowest BCUT2D eigenvalue weighted by Crippen LogP contribution is -2.48. The number of ether oxygens (including phenoxy) is 2. The van der Waals surface area contributed by atoms with Gasteiger partial charge in [-0.05, 0) is 0 Å². The van der Waals surface area contributed by atoms with Crippen LogP contribution in [0.3, 0.4) is 0 Å². The lowest BCUT2D eigenvalue weighted by molar-refractivity contribution is 0.0717. The van der Waals surface area contributed by atoms with Crippen LogP contribution in [-0.2, 0) is 4.74 Å². The summed E-state index contributed by atoms with van der Waals surface area (Å²) >= 11 is 0. The second-order valence-electron chi connectivity index (χ2n) is 3.69. The average molecular weight is 256 g/mol. The predicted octanol–water partition coefficient (Wildman–Crippen LogP) is -1.64. The lowest BCUT2D eigenvalue weighted by Gasteiger charge is -2.34. The first-order valence-corrected chi connectivity index (χ1v) is 5.50. The summed E-state index contributed by atoms with van der Waals surface area (Å²) in [6.07, 6.45) is 0. The van der Waals surface area contributed by atoms with Gasteiger partial charge in [-0.2, -0.15) is 15.0 Å². The SMILES string of the molecule is COc1nc(NN)nc(N2CCOCC2CO)n1. The zero-order chi connectivity index (χ0) is 13.0. The van der Waals surface area contributed by atoms with Gasteiger partial charge in [-0.1, -0.05) is 0 Å². The molecular weight excluding hydrogens is 240 g/mol. The minimum Gasteiger partial charge on any atom is -0.467 e. The normalized spacial score (nSPS) is 19.7. The van der Waals surface area contributed by atoms with Gasteiger partial charge in [0.2, 0.25) is 11.9 Å². The van der Waals surface area contributed by atoms with E-state index in [1.807, 2.05) is 4.90 Å². The number of methoxy groups -OCH3 is 1. The number of nitrogens with one attached hydrogen (secondary N) is 1. The Kier molecular flexibility index (Phi) is 4.07. The van der Waals surface area contributed by atoms with Crippen molar-refractivity contribution in [1.29, 1.82) is 0 Å². The molecule has 4 N–H and O–H groups in total. The van der Waals surface area contributed by atoms with Crippen molar-refractivity contribution in [2.45, 2.75) is 6.04 Å². The van der Waals surface area contributed by atoms with Crippen LogP contribution in [0.15, 0.2) is 0 Å². The summed E-state index contributed by atoms with van der Waals surface area (Å²) in [4.78, 5) is 14.0. The molecule has 0 saturated carbocycles. The second kappa shape index (κ2) is 5.76. The third-order valence-electron chi connectivity index (χ3n) is 2.61. The van der Waals surface area contributed by atoms with E-state index in [1.165, 1.54) is 7.11 Å². The number of aliphatic hydroxyl groups is 1. The first-order valence-electron chi connectivity index (χ1n) is 5.50. The highest BCUT2D eigenvalue weighted by Crippen LogP contribution is 2.18. The number of hydrogen-bond acceptors (Lipinski definition) is 9. The Bertz CT molecular complexity index is 382. The highest BCUT2D eigenvalue weighted by atomic mass is 16.5. The van der Waals surface area contributed by atoms with Crippen LogP contribution in [0.2, 0.25) is 0 Å². The molecule has 1 aliphatic rings. The second-order valence-corrected chi connectivity index (χ2v) is 3.69. The fourth-order valence-corrected chi connectivity index (χ4v) is 1.70. The number of aliphatic hydroxyl groups excluding tert-OH is 1. The maximum Gasteiger partial charge on any atom is 0.322 e. The van der Waals surface area contributed by atoms with Gasteiger partial charge in [0.15, 0.2) is 0 Å². The highest BCUT2D eigenvalue weighted by molar-refractivity contribution is 5.39. The number of morpholine rings is 1. The molecule has 9 nitrogen and oxygen atoms in total. The topological polar surface area (TPSA) is 119 Å². The van der Waals surface area contributed by atoms with E-state index in [9.17, 15) is 5.11 Å². The molecule has 1 aromatic rings. The molecule has 0 radical (unpaired) electrons. The van der Waals surface area contributed by atoms with Crippen LogP contribution in [0, 0.1) is 0 Å². The quantitative estimate of drug-likeness (QED) is 0.430. The van der Waals surface area contributed by atoms with E-state index in [-0.39, 0.29) is 24.6 Å². The first kappa shape index (κ1) is 12.7. The molecule has 1 fully saturated rings. The summed E-state index contributed by atoms with van der Waals surface area (Å²) in [5.74, 6) is 5.90. The lowest BCUT2D eigenvalue weighted by atomic mass is 10.2. The van der Waals surface area contributed by atoms with Crippen LogP contribution in [-0.4, -0.2) is 59.6 Å². The van der Waals surface area contributed by atoms with Gasteiger partial charge in [-0.25, -0.2) is 5.84 Å². The van der Waals surface area contributed by atoms with Crippen LogP contribution in [0.4, 0.5) is 11.9 Å². The minimum absolute atomic E-state index is 0.0423. The molecule has 1 saturated heterocycles. The third kappa shape index (κ3) is 2.58. The van der Waals surface area contributed by atoms with Gasteiger partial charge in [-0.15, -0.1) is 0 Å². The Morgan fingerprint density at radius 2 is 2.39 bits per heavy atom. The van der Waals surface area contributed by atoms with E-state index in [2.05, 4.69) is 20.4 Å². The molecular formula is C9H16N6O3. The van der Waals surface area contributed by atoms with Gasteiger partial charge in [0.25, 0.3) is 0 Å². The minimum atomic E-state index is -0.184. The Morgan fingerprint density at radius 1 is 1.56 bits per heavy atom. The number of hydrogen-bond donors (Lipinski definition) is 3. The van der Waals surface area contributed by atoms with Crippen molar-refractivity contribution in [3.8, 4) is 6.01 Å². The number of rotatable bonds is 4. The van der Waals surface area contributed by atoms with Crippen molar-refractivity contribution in [2.75, 3.05) is 43.8 Å². The van der Waals surface area contributed by atoms with Crippen molar-refractivity contribution in [1.82, 2.24) is 15.0 Å². The Labute approximate surface area is 104 Å². The molecule has 9 heteroatoms. The number of nitrogen functional groups attached to an aromatic ring is 1. The van der Waals surface area contributed by atoms with E-state index in [4.69, 9.17) is 15.3 Å². The van der Waals surface area contributed by atoms with Gasteiger partial charge in [0.05, 0.1) is 33.0 Å². The summed E-state index contributed by atoms with van der Waals surface area (Å²) in [5, 5.41) is 9.31. The summed E-state index contributed by atoms with van der Waals surface area (Å²) in [6, 6.07) is -0.0207. The molecule has 0 bridgehead atoms. The van der Waals surface area contributed by atoms with Crippen molar-refractivity contribution >= 4 is 11.9 Å². The third-order valence-corrected chi connectivity index (χ3v) is 2.61. The van der Waals surface area contributed by atoms with Gasteiger partial charge in [-0.3, -0.25) is 5.43 Å². The Balaban J connectivity index is 2.29. The van der Waals surface area contributed by atoms with Crippen LogP contribution >= 0.6 is 0 Å². The molecule has 18 heavy (non-hydrogen) atoms. The number of aromatic nitrogens is 3. The van der Waals surface area contributed by atoms with Crippen molar-refractivity contribution in [3.05, 3.63) is 0 Å². The molecule has 1 unspecified atom stereocenters. The fraction of sp³-hybridized carbons (Fsp3) is 0.667. The van der Waals surface area contributed by atoms with Gasteiger partial charge < -0.3 is 19.5 Å². The molecule has 100 valence electrons. The highest BCUT2D eigenvalue weighted by Gasteiger charge is 2.25. The number of anilines is 2. The van der Waals surface area contributed by atoms with E-state index in [1.54, 1.807) is 0 Å². The van der Waals surface area contributed by atoms with Crippen LogP contribution in [0.25, 0.3) is 0 Å². The molecule has 2 rings (SSSR count). The maximum atomic E-state index is 9.31. The number of nitrogens with two attached hydrogens (primary N) is 1. The standard InChI is InChI=1S/C9H16N6O3/c1-17-9-12-7(14-10)11-8(13-9)15-2-3-18-5-6(15)4-16/h6,16H,2-5,10H2,1H3,(H,11,12,13,14). The zero-order valence-corrected chi connectivity index (χ0v) is 10.0. The maximum absolute atomic E-state index is 9.31. The molecule has 0 amide bonds. The molecule has 1 atom stereocenters. The van der Waals surface area contributed by atoms with Gasteiger partial charge in [0, 0.05) is 6.54 Å². The molecule has 0 aromatic carbocycles. The summed E-state index contributed by atoms with van der Waals surface area (Å²) in [7, 11) is 1.46. The van der Waals surface area contributed by atoms with Crippen LogP contribution < -0.4 is 20.9 Å². The van der Waals surface area contributed by atoms with E-state index >= 15 is 0 Å². The van der Waals surface area contributed by atoms with E-state index < -0.39 is 0 Å². The van der Waals surface area contributed by atoms with Gasteiger partial charge >= 0.3 is 6.01 Å². The zero-order valence-electron chi connectivity index (χ0n) is 10.0. The molecule has 0 spiro atoms. The largest absolute Gasteiger partial charge is 0.467 e. The van der Waals surface area contributed by atoms with Crippen LogP contribution in [0.1, 0.15) is 0 Å². The molecule has 0 aliphatic carbocycles.